The van der Waals surface area contributed by atoms with Crippen molar-refractivity contribution in [1.29, 1.82) is 0 Å². The van der Waals surface area contributed by atoms with E-state index in [0.29, 0.717) is 16.4 Å². The molecule has 0 heterocycles. The summed E-state index contributed by atoms with van der Waals surface area (Å²) >= 11 is 6.24. The van der Waals surface area contributed by atoms with Crippen molar-refractivity contribution in [3.05, 3.63) is 101 Å². The third kappa shape index (κ3) is 4.81. The highest BCUT2D eigenvalue weighted by Crippen LogP contribution is 2.30. The average Bonchev–Trinajstić information content (AvgIpc) is 2.76. The largest absolute Gasteiger partial charge is 0.322 e. The number of halogens is 1. The van der Waals surface area contributed by atoms with Crippen LogP contribution in [0.3, 0.4) is 0 Å². The van der Waals surface area contributed by atoms with E-state index in [1.807, 2.05) is 32.0 Å². The van der Waals surface area contributed by atoms with Crippen LogP contribution in [0.1, 0.15) is 21.5 Å². The van der Waals surface area contributed by atoms with E-state index in [1.54, 1.807) is 36.4 Å². The van der Waals surface area contributed by atoms with Crippen LogP contribution in [0.4, 0.5) is 11.4 Å². The summed E-state index contributed by atoms with van der Waals surface area (Å²) in [6.07, 6.45) is 1.48. The summed E-state index contributed by atoms with van der Waals surface area (Å²) in [5.41, 5.74) is 3.26. The molecule has 0 radical (unpaired) electrons. The van der Waals surface area contributed by atoms with Gasteiger partial charge in [0.2, 0.25) is 0 Å². The number of sulfonamides is 1. The van der Waals surface area contributed by atoms with Crippen molar-refractivity contribution in [2.24, 2.45) is 0 Å². The molecule has 0 atom stereocenters. The first kappa shape index (κ1) is 22.6. The van der Waals surface area contributed by atoms with Crippen molar-refractivity contribution < 1.29 is 13.2 Å². The lowest BCUT2D eigenvalue weighted by atomic mass is 10.1. The molecule has 0 fully saturated rings. The number of benzene rings is 3. The van der Waals surface area contributed by atoms with Crippen molar-refractivity contribution >= 4 is 38.9 Å². The monoisotopic (exact) mass is 454 g/mol. The fraction of sp³-hybridized carbons (Fsp3) is 0.125. The summed E-state index contributed by atoms with van der Waals surface area (Å²) in [5, 5.41) is 3.16. The van der Waals surface area contributed by atoms with Gasteiger partial charge in [-0.05, 0) is 61.4 Å². The van der Waals surface area contributed by atoms with Crippen molar-refractivity contribution in [3.8, 4) is 0 Å². The fourth-order valence-electron chi connectivity index (χ4n) is 3.10. The van der Waals surface area contributed by atoms with E-state index < -0.39 is 15.9 Å². The predicted molar refractivity (Wildman–Crippen MR) is 126 cm³/mol. The molecule has 0 bridgehead atoms. The molecular weight excluding hydrogens is 432 g/mol. The molecular formula is C24H23ClN2O3S. The van der Waals surface area contributed by atoms with Gasteiger partial charge in [-0.3, -0.25) is 9.10 Å². The molecule has 0 aliphatic rings. The van der Waals surface area contributed by atoms with Gasteiger partial charge in [-0.1, -0.05) is 48.0 Å². The number of nitrogens with one attached hydrogen (secondary N) is 1. The molecule has 0 aliphatic heterocycles. The van der Waals surface area contributed by atoms with Gasteiger partial charge in [0.25, 0.3) is 15.9 Å². The Morgan fingerprint density at radius 3 is 2.48 bits per heavy atom. The normalized spacial score (nSPS) is 11.1. The molecule has 0 unspecified atom stereocenters. The van der Waals surface area contributed by atoms with Crippen LogP contribution < -0.4 is 9.62 Å². The van der Waals surface area contributed by atoms with Gasteiger partial charge in [-0.2, -0.15) is 0 Å². The van der Waals surface area contributed by atoms with E-state index in [1.165, 1.54) is 22.5 Å². The van der Waals surface area contributed by atoms with Gasteiger partial charge in [0.1, 0.15) is 0 Å². The highest BCUT2D eigenvalue weighted by Gasteiger charge is 2.26. The molecule has 160 valence electrons. The van der Waals surface area contributed by atoms with E-state index in [4.69, 9.17) is 11.6 Å². The number of para-hydroxylation sites is 1. The Labute approximate surface area is 188 Å². The van der Waals surface area contributed by atoms with E-state index in [2.05, 4.69) is 11.9 Å². The maximum Gasteiger partial charge on any atom is 0.264 e. The second kappa shape index (κ2) is 9.37. The van der Waals surface area contributed by atoms with E-state index >= 15 is 0 Å². The fourth-order valence-corrected chi connectivity index (χ4v) is 4.89. The van der Waals surface area contributed by atoms with Crippen molar-refractivity contribution in [2.45, 2.75) is 18.7 Å². The van der Waals surface area contributed by atoms with E-state index in [9.17, 15) is 13.2 Å². The van der Waals surface area contributed by atoms with Crippen LogP contribution in [0.2, 0.25) is 5.02 Å². The first-order valence-corrected chi connectivity index (χ1v) is 11.4. The highest BCUT2D eigenvalue weighted by molar-refractivity contribution is 7.92. The lowest BCUT2D eigenvalue weighted by Gasteiger charge is -2.24. The number of aryl methyl sites for hydroxylation is 1. The third-order valence-corrected chi connectivity index (χ3v) is 7.05. The smallest absolute Gasteiger partial charge is 0.264 e. The minimum Gasteiger partial charge on any atom is -0.322 e. The molecule has 0 saturated heterocycles. The predicted octanol–water partition coefficient (Wildman–Crippen LogP) is 5.59. The van der Waals surface area contributed by atoms with Gasteiger partial charge < -0.3 is 5.32 Å². The second-order valence-corrected chi connectivity index (χ2v) is 9.28. The van der Waals surface area contributed by atoms with Gasteiger partial charge in [-0.15, -0.1) is 6.58 Å². The Morgan fingerprint density at radius 2 is 1.77 bits per heavy atom. The Kier molecular flexibility index (Phi) is 6.83. The molecule has 1 N–H and O–H groups in total. The summed E-state index contributed by atoms with van der Waals surface area (Å²) in [5.74, 6) is -0.390. The number of carbonyl (C=O) groups excluding carboxylic acids is 1. The van der Waals surface area contributed by atoms with Crippen molar-refractivity contribution in [2.75, 3.05) is 16.2 Å². The average molecular weight is 455 g/mol. The van der Waals surface area contributed by atoms with Crippen LogP contribution >= 0.6 is 11.6 Å². The van der Waals surface area contributed by atoms with Crippen molar-refractivity contribution in [3.63, 3.8) is 0 Å². The molecule has 5 nitrogen and oxygen atoms in total. The van der Waals surface area contributed by atoms with Gasteiger partial charge in [0.15, 0.2) is 0 Å². The molecule has 1 amide bonds. The summed E-state index contributed by atoms with van der Waals surface area (Å²) in [6, 6.07) is 18.2. The molecule has 3 aromatic rings. The molecule has 0 saturated carbocycles. The molecule has 0 aliphatic carbocycles. The van der Waals surface area contributed by atoms with E-state index in [0.717, 1.165) is 11.1 Å². The maximum atomic E-state index is 13.4. The molecule has 31 heavy (non-hydrogen) atoms. The number of anilines is 2. The lowest BCUT2D eigenvalue weighted by molar-refractivity contribution is 0.102. The second-order valence-electron chi connectivity index (χ2n) is 7.01. The zero-order valence-electron chi connectivity index (χ0n) is 17.3. The number of nitrogens with zero attached hydrogens (tertiary/aromatic N) is 1. The standard InChI is InChI=1S/C24H23ClN2O3S/c1-4-15-27(23-14-6-5-12-21(23)25)31(29,30)20-11-8-10-19(16-20)24(28)26-22-13-7-9-17(2)18(22)3/h4-14,16H,1,15H2,2-3H3,(H,26,28). The number of amides is 1. The lowest BCUT2D eigenvalue weighted by Crippen LogP contribution is -2.31. The minimum atomic E-state index is -3.98. The molecule has 3 aromatic carbocycles. The SMILES string of the molecule is C=CCN(c1ccccc1Cl)S(=O)(=O)c1cccc(C(=O)Nc2cccc(C)c2C)c1. The van der Waals surface area contributed by atoms with Crippen LogP contribution in [0.5, 0.6) is 0 Å². The van der Waals surface area contributed by atoms with Crippen LogP contribution in [0, 0.1) is 13.8 Å². The summed E-state index contributed by atoms with van der Waals surface area (Å²) in [4.78, 5) is 12.8. The number of hydrogen-bond donors (Lipinski definition) is 1. The Balaban J connectivity index is 1.97. The quantitative estimate of drug-likeness (QED) is 0.473. The first-order valence-electron chi connectivity index (χ1n) is 9.61. The summed E-state index contributed by atoms with van der Waals surface area (Å²) < 4.78 is 28.0. The summed E-state index contributed by atoms with van der Waals surface area (Å²) in [6.45, 7) is 7.57. The van der Waals surface area contributed by atoms with Gasteiger partial charge in [0.05, 0.1) is 22.2 Å². The zero-order valence-corrected chi connectivity index (χ0v) is 18.9. The number of hydrogen-bond acceptors (Lipinski definition) is 3. The highest BCUT2D eigenvalue weighted by atomic mass is 35.5. The Morgan fingerprint density at radius 1 is 1.06 bits per heavy atom. The zero-order chi connectivity index (χ0) is 22.6. The molecule has 7 heteroatoms. The van der Waals surface area contributed by atoms with Gasteiger partial charge in [0, 0.05) is 11.3 Å². The number of rotatable bonds is 7. The summed E-state index contributed by atoms with van der Waals surface area (Å²) in [7, 11) is -3.98. The Bertz CT molecular complexity index is 1240. The maximum absolute atomic E-state index is 13.4. The molecule has 0 aromatic heterocycles. The van der Waals surface area contributed by atoms with Crippen LogP contribution in [-0.2, 0) is 10.0 Å². The molecule has 3 rings (SSSR count). The van der Waals surface area contributed by atoms with Crippen LogP contribution in [-0.4, -0.2) is 20.9 Å². The number of carbonyl (C=O) groups is 1. The molecule has 0 spiro atoms. The van der Waals surface area contributed by atoms with Crippen molar-refractivity contribution in [1.82, 2.24) is 0 Å². The third-order valence-electron chi connectivity index (χ3n) is 4.95. The Hall–Kier alpha value is -3.09. The van der Waals surface area contributed by atoms with Gasteiger partial charge in [-0.25, -0.2) is 8.42 Å². The topological polar surface area (TPSA) is 66.5 Å². The minimum absolute atomic E-state index is 0.0112. The van der Waals surface area contributed by atoms with Crippen LogP contribution in [0.25, 0.3) is 0 Å². The first-order chi connectivity index (χ1) is 14.8. The van der Waals surface area contributed by atoms with E-state index in [-0.39, 0.29) is 17.0 Å². The van der Waals surface area contributed by atoms with Crippen LogP contribution in [0.15, 0.2) is 84.3 Å². The van der Waals surface area contributed by atoms with Gasteiger partial charge >= 0.3 is 0 Å².